The standard InChI is InChI=1S/C28H35BrN2O3/c1-2-3-4-5-6-7-8-9-13-16-27(32)31-30-22-24-21-25(29)18-19-26(24)34-28(33)20-17-23-14-11-10-12-15-23/h10-12,14-15,17-22H,2-9,13,16H2,1H3,(H,31,32). The van der Waals surface area contributed by atoms with Gasteiger partial charge in [0.2, 0.25) is 5.91 Å². The zero-order chi connectivity index (χ0) is 24.4. The number of carbonyl (C=O) groups is 2. The van der Waals surface area contributed by atoms with Gasteiger partial charge in [-0.3, -0.25) is 4.79 Å². The fourth-order valence-electron chi connectivity index (χ4n) is 3.41. The van der Waals surface area contributed by atoms with E-state index in [4.69, 9.17) is 4.74 Å². The summed E-state index contributed by atoms with van der Waals surface area (Å²) in [5, 5.41) is 4.05. The minimum Gasteiger partial charge on any atom is -0.423 e. The number of hydrogen-bond acceptors (Lipinski definition) is 4. The van der Waals surface area contributed by atoms with Crippen LogP contribution in [0.2, 0.25) is 0 Å². The van der Waals surface area contributed by atoms with E-state index in [9.17, 15) is 9.59 Å². The molecular weight excluding hydrogens is 492 g/mol. The van der Waals surface area contributed by atoms with Crippen LogP contribution in [-0.4, -0.2) is 18.1 Å². The van der Waals surface area contributed by atoms with E-state index in [0.29, 0.717) is 17.7 Å². The highest BCUT2D eigenvalue weighted by Gasteiger charge is 2.07. The van der Waals surface area contributed by atoms with Crippen LogP contribution in [0.1, 0.15) is 82.3 Å². The molecule has 0 unspecified atom stereocenters. The second-order valence-corrected chi connectivity index (χ2v) is 9.13. The van der Waals surface area contributed by atoms with Gasteiger partial charge in [-0.2, -0.15) is 5.10 Å². The van der Waals surface area contributed by atoms with E-state index in [-0.39, 0.29) is 5.91 Å². The van der Waals surface area contributed by atoms with Crippen molar-refractivity contribution in [1.29, 1.82) is 0 Å². The third-order valence-corrected chi connectivity index (χ3v) is 5.79. The number of hydrogen-bond donors (Lipinski definition) is 1. The predicted molar refractivity (Wildman–Crippen MR) is 143 cm³/mol. The third kappa shape index (κ3) is 11.9. The number of hydrazone groups is 1. The van der Waals surface area contributed by atoms with Crippen molar-refractivity contribution in [3.8, 4) is 5.75 Å². The number of ether oxygens (including phenoxy) is 1. The molecule has 0 aliphatic rings. The lowest BCUT2D eigenvalue weighted by Gasteiger charge is -2.06. The summed E-state index contributed by atoms with van der Waals surface area (Å²) in [6, 6.07) is 14.8. The number of benzene rings is 2. The summed E-state index contributed by atoms with van der Waals surface area (Å²) in [7, 11) is 0. The van der Waals surface area contributed by atoms with Gasteiger partial charge in [0.15, 0.2) is 0 Å². The van der Waals surface area contributed by atoms with Crippen LogP contribution in [-0.2, 0) is 9.59 Å². The van der Waals surface area contributed by atoms with Crippen LogP contribution in [0.15, 0.2) is 64.2 Å². The van der Waals surface area contributed by atoms with Crippen LogP contribution < -0.4 is 10.2 Å². The Kier molecular flexibility index (Phi) is 13.6. The van der Waals surface area contributed by atoms with E-state index in [0.717, 1.165) is 22.9 Å². The molecule has 0 atom stereocenters. The van der Waals surface area contributed by atoms with Gasteiger partial charge in [0.25, 0.3) is 0 Å². The van der Waals surface area contributed by atoms with Gasteiger partial charge in [-0.15, -0.1) is 0 Å². The molecule has 0 heterocycles. The van der Waals surface area contributed by atoms with Gasteiger partial charge in [0.1, 0.15) is 5.75 Å². The molecule has 5 nitrogen and oxygen atoms in total. The minimum atomic E-state index is -0.491. The predicted octanol–water partition coefficient (Wildman–Crippen LogP) is 7.44. The third-order valence-electron chi connectivity index (χ3n) is 5.29. The Morgan fingerprint density at radius 2 is 1.62 bits per heavy atom. The summed E-state index contributed by atoms with van der Waals surface area (Å²) < 4.78 is 6.28. The number of amides is 1. The van der Waals surface area contributed by atoms with E-state index in [1.54, 1.807) is 24.3 Å². The fraction of sp³-hybridized carbons (Fsp3) is 0.393. The number of nitrogens with one attached hydrogen (secondary N) is 1. The Morgan fingerprint density at radius 1 is 0.941 bits per heavy atom. The lowest BCUT2D eigenvalue weighted by atomic mass is 10.1. The average Bonchev–Trinajstić information content (AvgIpc) is 2.84. The molecule has 2 aromatic rings. The molecule has 0 aliphatic carbocycles. The zero-order valence-electron chi connectivity index (χ0n) is 20.0. The van der Waals surface area contributed by atoms with Crippen molar-refractivity contribution in [2.75, 3.05) is 0 Å². The molecule has 0 aliphatic heterocycles. The average molecular weight is 528 g/mol. The summed E-state index contributed by atoms with van der Waals surface area (Å²) in [4.78, 5) is 24.3. The van der Waals surface area contributed by atoms with Crippen molar-refractivity contribution in [2.45, 2.75) is 71.1 Å². The van der Waals surface area contributed by atoms with E-state index in [1.165, 1.54) is 57.2 Å². The van der Waals surface area contributed by atoms with Gasteiger partial charge >= 0.3 is 5.97 Å². The smallest absolute Gasteiger partial charge is 0.336 e. The van der Waals surface area contributed by atoms with Gasteiger partial charge in [-0.25, -0.2) is 10.2 Å². The second-order valence-electron chi connectivity index (χ2n) is 8.22. The quantitative estimate of drug-likeness (QED) is 0.0654. The van der Waals surface area contributed by atoms with Crippen LogP contribution >= 0.6 is 15.9 Å². The topological polar surface area (TPSA) is 67.8 Å². The minimum absolute atomic E-state index is 0.112. The summed E-state index contributed by atoms with van der Waals surface area (Å²) in [6.45, 7) is 2.23. The summed E-state index contributed by atoms with van der Waals surface area (Å²) in [6.07, 6.45) is 15.9. The van der Waals surface area contributed by atoms with Crippen molar-refractivity contribution in [2.24, 2.45) is 5.10 Å². The molecule has 0 fully saturated rings. The van der Waals surface area contributed by atoms with Crippen LogP contribution in [0.25, 0.3) is 6.08 Å². The molecule has 34 heavy (non-hydrogen) atoms. The SMILES string of the molecule is CCCCCCCCCCCC(=O)NN=Cc1cc(Br)ccc1OC(=O)C=Cc1ccccc1. The maximum atomic E-state index is 12.2. The first kappa shape index (κ1) is 27.5. The Morgan fingerprint density at radius 3 is 2.32 bits per heavy atom. The molecular formula is C28H35BrN2O3. The molecule has 182 valence electrons. The van der Waals surface area contributed by atoms with Crippen molar-refractivity contribution in [1.82, 2.24) is 5.43 Å². The maximum Gasteiger partial charge on any atom is 0.336 e. The Bertz CT molecular complexity index is 942. The van der Waals surface area contributed by atoms with Crippen molar-refractivity contribution in [3.05, 3.63) is 70.2 Å². The normalized spacial score (nSPS) is 11.2. The van der Waals surface area contributed by atoms with Crippen molar-refractivity contribution >= 4 is 40.1 Å². The molecule has 2 rings (SSSR count). The number of unbranched alkanes of at least 4 members (excludes halogenated alkanes) is 8. The summed E-state index contributed by atoms with van der Waals surface area (Å²) in [5.41, 5.74) is 4.06. The second kappa shape index (κ2) is 16.8. The Balaban J connectivity index is 1.75. The molecule has 0 radical (unpaired) electrons. The largest absolute Gasteiger partial charge is 0.423 e. The van der Waals surface area contributed by atoms with Crippen molar-refractivity contribution in [3.63, 3.8) is 0 Å². The van der Waals surface area contributed by atoms with Crippen LogP contribution in [0.3, 0.4) is 0 Å². The molecule has 0 aromatic heterocycles. The molecule has 1 N–H and O–H groups in total. The highest BCUT2D eigenvalue weighted by Crippen LogP contribution is 2.22. The Labute approximate surface area is 211 Å². The zero-order valence-corrected chi connectivity index (χ0v) is 21.6. The van der Waals surface area contributed by atoms with Gasteiger partial charge < -0.3 is 4.74 Å². The lowest BCUT2D eigenvalue weighted by molar-refractivity contribution is -0.129. The fourth-order valence-corrected chi connectivity index (χ4v) is 3.79. The van der Waals surface area contributed by atoms with Crippen molar-refractivity contribution < 1.29 is 14.3 Å². The molecule has 2 aromatic carbocycles. The van der Waals surface area contributed by atoms with Crippen LogP contribution in [0.4, 0.5) is 0 Å². The number of carbonyl (C=O) groups excluding carboxylic acids is 2. The first-order chi connectivity index (χ1) is 16.6. The van der Waals surface area contributed by atoms with Gasteiger partial charge in [-0.05, 0) is 36.3 Å². The number of rotatable bonds is 15. The first-order valence-electron chi connectivity index (χ1n) is 12.1. The molecule has 0 spiro atoms. The molecule has 0 saturated heterocycles. The van der Waals surface area contributed by atoms with E-state index < -0.39 is 5.97 Å². The maximum absolute atomic E-state index is 12.2. The summed E-state index contributed by atoms with van der Waals surface area (Å²) in [5.74, 6) is -0.239. The van der Waals surface area contributed by atoms with Crippen LogP contribution in [0, 0.1) is 0 Å². The molecule has 0 saturated carbocycles. The van der Waals surface area contributed by atoms with E-state index in [1.807, 2.05) is 30.3 Å². The molecule has 1 amide bonds. The lowest BCUT2D eigenvalue weighted by Crippen LogP contribution is -2.17. The highest BCUT2D eigenvalue weighted by molar-refractivity contribution is 9.10. The van der Waals surface area contributed by atoms with Gasteiger partial charge in [0.05, 0.1) is 6.21 Å². The Hall–Kier alpha value is -2.73. The van der Waals surface area contributed by atoms with Gasteiger partial charge in [-0.1, -0.05) is 105 Å². The van der Waals surface area contributed by atoms with Gasteiger partial charge in [0, 0.05) is 22.5 Å². The van der Waals surface area contributed by atoms with E-state index >= 15 is 0 Å². The first-order valence-corrected chi connectivity index (χ1v) is 12.9. The monoisotopic (exact) mass is 526 g/mol. The number of esters is 1. The van der Waals surface area contributed by atoms with E-state index in [2.05, 4.69) is 33.4 Å². The molecule has 0 bridgehead atoms. The van der Waals surface area contributed by atoms with Crippen LogP contribution in [0.5, 0.6) is 5.75 Å². The number of halogens is 1. The number of nitrogens with zero attached hydrogens (tertiary/aromatic N) is 1. The molecule has 6 heteroatoms. The highest BCUT2D eigenvalue weighted by atomic mass is 79.9. The summed E-state index contributed by atoms with van der Waals surface area (Å²) >= 11 is 3.41.